The number of nitrogens with one attached hydrogen (secondary N) is 2. The number of amides is 1. The lowest BCUT2D eigenvalue weighted by molar-refractivity contribution is -0.126. The zero-order valence-electron chi connectivity index (χ0n) is 13.3. The number of likely N-dealkylation sites (tertiary alicyclic amines) is 1. The Morgan fingerprint density at radius 1 is 1.20 bits per heavy atom. The van der Waals surface area contributed by atoms with Crippen LogP contribution in [0.1, 0.15) is 52.9 Å². The van der Waals surface area contributed by atoms with E-state index in [1.807, 2.05) is 0 Å². The van der Waals surface area contributed by atoms with Crippen LogP contribution in [0.5, 0.6) is 0 Å². The zero-order valence-corrected chi connectivity index (χ0v) is 13.3. The molecular formula is C16H31N3O. The molecule has 0 radical (unpaired) electrons. The van der Waals surface area contributed by atoms with Gasteiger partial charge in [0.1, 0.15) is 0 Å². The van der Waals surface area contributed by atoms with Crippen LogP contribution in [0.15, 0.2) is 0 Å². The second-order valence-corrected chi connectivity index (χ2v) is 6.58. The van der Waals surface area contributed by atoms with Crippen molar-refractivity contribution in [3.05, 3.63) is 0 Å². The van der Waals surface area contributed by atoms with E-state index in [2.05, 4.69) is 36.3 Å². The predicted molar refractivity (Wildman–Crippen MR) is 82.7 cm³/mol. The Morgan fingerprint density at radius 2 is 1.85 bits per heavy atom. The molecular weight excluding hydrogens is 250 g/mol. The Bertz CT molecular complexity index is 309. The average molecular weight is 281 g/mol. The molecule has 116 valence electrons. The molecule has 20 heavy (non-hydrogen) atoms. The van der Waals surface area contributed by atoms with Crippen molar-refractivity contribution in [3.8, 4) is 0 Å². The van der Waals surface area contributed by atoms with E-state index in [1.165, 1.54) is 32.1 Å². The highest BCUT2D eigenvalue weighted by atomic mass is 16.2. The number of nitrogens with zero attached hydrogens (tertiary/aromatic N) is 1. The van der Waals surface area contributed by atoms with E-state index in [-0.39, 0.29) is 11.9 Å². The van der Waals surface area contributed by atoms with Crippen LogP contribution in [0, 0.1) is 5.92 Å². The minimum absolute atomic E-state index is 0.0375. The van der Waals surface area contributed by atoms with Crippen molar-refractivity contribution in [2.75, 3.05) is 19.6 Å². The molecule has 0 aromatic heterocycles. The largest absolute Gasteiger partial charge is 0.352 e. The van der Waals surface area contributed by atoms with Gasteiger partial charge >= 0.3 is 0 Å². The van der Waals surface area contributed by atoms with Crippen molar-refractivity contribution >= 4 is 5.91 Å². The molecule has 2 fully saturated rings. The van der Waals surface area contributed by atoms with Crippen molar-refractivity contribution in [2.45, 2.75) is 71.0 Å². The van der Waals surface area contributed by atoms with E-state index in [0.29, 0.717) is 12.1 Å². The molecule has 2 atom stereocenters. The molecule has 1 saturated heterocycles. The first-order valence-electron chi connectivity index (χ1n) is 8.39. The number of rotatable bonds is 7. The van der Waals surface area contributed by atoms with Gasteiger partial charge in [0.15, 0.2) is 0 Å². The SMILES string of the molecule is CCCNC(C)C1CCN(C(C)C(=O)NC2CC2)CC1. The molecule has 1 aliphatic carbocycles. The maximum Gasteiger partial charge on any atom is 0.237 e. The zero-order chi connectivity index (χ0) is 14.5. The first kappa shape index (κ1) is 15.8. The van der Waals surface area contributed by atoms with E-state index in [1.54, 1.807) is 0 Å². The van der Waals surface area contributed by atoms with E-state index in [9.17, 15) is 4.79 Å². The van der Waals surface area contributed by atoms with Crippen molar-refractivity contribution in [1.29, 1.82) is 0 Å². The maximum atomic E-state index is 12.1. The van der Waals surface area contributed by atoms with Gasteiger partial charge < -0.3 is 10.6 Å². The molecule has 1 heterocycles. The fraction of sp³-hybridized carbons (Fsp3) is 0.938. The third-order valence-electron chi connectivity index (χ3n) is 4.85. The average Bonchev–Trinajstić information content (AvgIpc) is 3.28. The van der Waals surface area contributed by atoms with Crippen LogP contribution >= 0.6 is 0 Å². The van der Waals surface area contributed by atoms with Crippen molar-refractivity contribution in [3.63, 3.8) is 0 Å². The van der Waals surface area contributed by atoms with E-state index in [0.717, 1.165) is 25.6 Å². The molecule has 1 saturated carbocycles. The molecule has 1 aliphatic heterocycles. The summed E-state index contributed by atoms with van der Waals surface area (Å²) in [6.07, 6.45) is 5.95. The first-order chi connectivity index (χ1) is 9.61. The first-order valence-corrected chi connectivity index (χ1v) is 8.39. The van der Waals surface area contributed by atoms with Gasteiger partial charge in [-0.15, -0.1) is 0 Å². The van der Waals surface area contributed by atoms with Crippen LogP contribution in [0.25, 0.3) is 0 Å². The van der Waals surface area contributed by atoms with Crippen LogP contribution in [0.3, 0.4) is 0 Å². The van der Waals surface area contributed by atoms with Gasteiger partial charge in [-0.1, -0.05) is 6.92 Å². The molecule has 0 aromatic carbocycles. The monoisotopic (exact) mass is 281 g/mol. The summed E-state index contributed by atoms with van der Waals surface area (Å²) in [6.45, 7) is 9.80. The molecule has 0 bridgehead atoms. The maximum absolute atomic E-state index is 12.1. The van der Waals surface area contributed by atoms with Gasteiger partial charge in [-0.3, -0.25) is 9.69 Å². The Kier molecular flexibility index (Phi) is 5.85. The van der Waals surface area contributed by atoms with Crippen LogP contribution in [0.4, 0.5) is 0 Å². The predicted octanol–water partition coefficient (Wildman–Crippen LogP) is 1.75. The standard InChI is InChI=1S/C16H31N3O/c1-4-9-17-12(2)14-7-10-19(11-8-14)13(3)16(20)18-15-5-6-15/h12-15,17H,4-11H2,1-3H3,(H,18,20). The number of carbonyl (C=O) groups is 1. The highest BCUT2D eigenvalue weighted by molar-refractivity contribution is 5.81. The van der Waals surface area contributed by atoms with Gasteiger partial charge in [0.05, 0.1) is 6.04 Å². The summed E-state index contributed by atoms with van der Waals surface area (Å²) in [5, 5.41) is 6.73. The van der Waals surface area contributed by atoms with Gasteiger partial charge in [0.2, 0.25) is 5.91 Å². The molecule has 1 amide bonds. The smallest absolute Gasteiger partial charge is 0.237 e. The Balaban J connectivity index is 1.71. The molecule has 4 heteroatoms. The highest BCUT2D eigenvalue weighted by Gasteiger charge is 2.31. The van der Waals surface area contributed by atoms with Gasteiger partial charge in [-0.2, -0.15) is 0 Å². The van der Waals surface area contributed by atoms with Gasteiger partial charge in [-0.05, 0) is 71.5 Å². The summed E-state index contributed by atoms with van der Waals surface area (Å²) in [6, 6.07) is 1.11. The fourth-order valence-corrected chi connectivity index (χ4v) is 3.06. The summed E-state index contributed by atoms with van der Waals surface area (Å²) in [5.41, 5.74) is 0. The van der Waals surface area contributed by atoms with Crippen molar-refractivity contribution < 1.29 is 4.79 Å². The molecule has 4 nitrogen and oxygen atoms in total. The number of piperidine rings is 1. The van der Waals surface area contributed by atoms with Gasteiger partial charge in [0.25, 0.3) is 0 Å². The van der Waals surface area contributed by atoms with Crippen LogP contribution in [0.2, 0.25) is 0 Å². The summed E-state index contributed by atoms with van der Waals surface area (Å²) >= 11 is 0. The van der Waals surface area contributed by atoms with Gasteiger partial charge in [0, 0.05) is 12.1 Å². The summed E-state index contributed by atoms with van der Waals surface area (Å²) in [7, 11) is 0. The topological polar surface area (TPSA) is 44.4 Å². The summed E-state index contributed by atoms with van der Waals surface area (Å²) in [5.74, 6) is 0.986. The second-order valence-electron chi connectivity index (χ2n) is 6.58. The lowest BCUT2D eigenvalue weighted by Crippen LogP contribution is -2.50. The van der Waals surface area contributed by atoms with Crippen molar-refractivity contribution in [2.24, 2.45) is 5.92 Å². The van der Waals surface area contributed by atoms with E-state index < -0.39 is 0 Å². The van der Waals surface area contributed by atoms with Crippen LogP contribution in [-0.2, 0) is 4.79 Å². The second kappa shape index (κ2) is 7.41. The Labute approximate surface area is 123 Å². The molecule has 0 aromatic rings. The van der Waals surface area contributed by atoms with Gasteiger partial charge in [-0.25, -0.2) is 0 Å². The minimum Gasteiger partial charge on any atom is -0.352 e. The minimum atomic E-state index is 0.0375. The quantitative estimate of drug-likeness (QED) is 0.747. The van der Waals surface area contributed by atoms with E-state index >= 15 is 0 Å². The van der Waals surface area contributed by atoms with E-state index in [4.69, 9.17) is 0 Å². The lowest BCUT2D eigenvalue weighted by Gasteiger charge is -2.37. The molecule has 0 spiro atoms. The molecule has 2 unspecified atom stereocenters. The Morgan fingerprint density at radius 3 is 2.40 bits per heavy atom. The number of hydrogen-bond acceptors (Lipinski definition) is 3. The van der Waals surface area contributed by atoms with Crippen LogP contribution < -0.4 is 10.6 Å². The number of carbonyl (C=O) groups excluding carboxylic acids is 1. The summed E-state index contributed by atoms with van der Waals surface area (Å²) < 4.78 is 0. The van der Waals surface area contributed by atoms with Crippen molar-refractivity contribution in [1.82, 2.24) is 15.5 Å². The van der Waals surface area contributed by atoms with Crippen LogP contribution in [-0.4, -0.2) is 48.6 Å². The fourth-order valence-electron chi connectivity index (χ4n) is 3.06. The highest BCUT2D eigenvalue weighted by Crippen LogP contribution is 2.23. The lowest BCUT2D eigenvalue weighted by atomic mass is 9.89. The third-order valence-corrected chi connectivity index (χ3v) is 4.85. The third kappa shape index (κ3) is 4.45. The molecule has 2 rings (SSSR count). The summed E-state index contributed by atoms with van der Waals surface area (Å²) in [4.78, 5) is 14.4. The normalized spacial score (nSPS) is 24.4. The molecule has 2 aliphatic rings. The Hall–Kier alpha value is -0.610. The molecule has 2 N–H and O–H groups in total. The number of hydrogen-bond donors (Lipinski definition) is 2.